The van der Waals surface area contributed by atoms with Crippen molar-refractivity contribution in [1.82, 2.24) is 9.88 Å². The van der Waals surface area contributed by atoms with E-state index in [9.17, 15) is 4.79 Å². The van der Waals surface area contributed by atoms with Crippen LogP contribution in [0.1, 0.15) is 29.0 Å². The molecule has 0 saturated heterocycles. The second-order valence-corrected chi connectivity index (χ2v) is 5.20. The van der Waals surface area contributed by atoms with Crippen LogP contribution in [-0.4, -0.2) is 10.5 Å². The van der Waals surface area contributed by atoms with Crippen molar-refractivity contribution in [1.29, 1.82) is 0 Å². The third-order valence-electron chi connectivity index (χ3n) is 3.64. The monoisotopic (exact) mass is 290 g/mol. The van der Waals surface area contributed by atoms with Gasteiger partial charge >= 0.3 is 0 Å². The van der Waals surface area contributed by atoms with Crippen molar-refractivity contribution in [2.75, 3.05) is 0 Å². The van der Waals surface area contributed by atoms with E-state index in [1.807, 2.05) is 73.8 Å². The molecule has 0 aliphatic heterocycles. The third kappa shape index (κ3) is 2.93. The Labute approximate surface area is 130 Å². The minimum Gasteiger partial charge on any atom is -0.344 e. The summed E-state index contributed by atoms with van der Waals surface area (Å²) in [6.07, 6.45) is 2.01. The Bertz CT molecular complexity index is 747. The number of hydrogen-bond donors (Lipinski definition) is 1. The van der Waals surface area contributed by atoms with Gasteiger partial charge in [0, 0.05) is 23.1 Å². The maximum atomic E-state index is 12.3. The first-order chi connectivity index (χ1) is 10.8. The fraction of sp³-hybridized carbons (Fsp3) is 0.105. The summed E-state index contributed by atoms with van der Waals surface area (Å²) in [5, 5.41) is 3.05. The van der Waals surface area contributed by atoms with Crippen molar-refractivity contribution >= 4 is 5.91 Å². The summed E-state index contributed by atoms with van der Waals surface area (Å²) in [5.74, 6) is -0.0612. The van der Waals surface area contributed by atoms with Crippen molar-refractivity contribution in [3.8, 4) is 5.69 Å². The topological polar surface area (TPSA) is 34.0 Å². The normalized spacial score (nSPS) is 11.9. The molecular weight excluding hydrogens is 272 g/mol. The number of hydrogen-bond acceptors (Lipinski definition) is 1. The average molecular weight is 290 g/mol. The van der Waals surface area contributed by atoms with Crippen LogP contribution in [0.15, 0.2) is 79.0 Å². The van der Waals surface area contributed by atoms with Crippen LogP contribution >= 0.6 is 0 Å². The molecule has 1 atom stereocenters. The molecule has 1 amide bonds. The van der Waals surface area contributed by atoms with Gasteiger partial charge < -0.3 is 9.88 Å². The van der Waals surface area contributed by atoms with Crippen LogP contribution in [0, 0.1) is 0 Å². The number of rotatable bonds is 4. The predicted octanol–water partition coefficient (Wildman–Crippen LogP) is 3.97. The van der Waals surface area contributed by atoms with Gasteiger partial charge in [0.15, 0.2) is 0 Å². The molecule has 110 valence electrons. The van der Waals surface area contributed by atoms with E-state index in [0.717, 1.165) is 11.4 Å². The summed E-state index contributed by atoms with van der Waals surface area (Å²) in [7, 11) is 0. The summed E-state index contributed by atoms with van der Waals surface area (Å²) in [5.41, 5.74) is 2.81. The lowest BCUT2D eigenvalue weighted by atomic mass is 10.1. The molecule has 1 heterocycles. The zero-order valence-corrected chi connectivity index (χ0v) is 12.4. The van der Waals surface area contributed by atoms with Crippen molar-refractivity contribution in [2.45, 2.75) is 13.0 Å². The number of nitrogens with zero attached hydrogens (tertiary/aromatic N) is 1. The van der Waals surface area contributed by atoms with Crippen LogP contribution in [0.25, 0.3) is 5.69 Å². The van der Waals surface area contributed by atoms with E-state index in [4.69, 9.17) is 0 Å². The molecule has 2 aromatic carbocycles. The van der Waals surface area contributed by atoms with Gasteiger partial charge in [-0.05, 0) is 43.3 Å². The van der Waals surface area contributed by atoms with E-state index < -0.39 is 0 Å². The summed E-state index contributed by atoms with van der Waals surface area (Å²) in [6, 6.07) is 23.3. The second-order valence-electron chi connectivity index (χ2n) is 5.20. The van der Waals surface area contributed by atoms with E-state index >= 15 is 0 Å². The van der Waals surface area contributed by atoms with Gasteiger partial charge in [-0.3, -0.25) is 4.79 Å². The molecule has 0 bridgehead atoms. The number of amides is 1. The van der Waals surface area contributed by atoms with E-state index in [-0.39, 0.29) is 11.9 Å². The highest BCUT2D eigenvalue weighted by molar-refractivity contribution is 5.94. The lowest BCUT2D eigenvalue weighted by Gasteiger charge is -2.17. The van der Waals surface area contributed by atoms with Gasteiger partial charge in [0.2, 0.25) is 0 Å². The van der Waals surface area contributed by atoms with E-state index in [1.165, 1.54) is 0 Å². The number of para-hydroxylation sites is 1. The van der Waals surface area contributed by atoms with Crippen LogP contribution in [0.3, 0.4) is 0 Å². The zero-order chi connectivity index (χ0) is 15.4. The standard InChI is InChI=1S/C19H18N2O/c1-15(20-19(22)16-9-4-2-5-10-16)18-13-8-14-21(18)17-11-6-3-7-12-17/h2-15H,1H3,(H,20,22). The lowest BCUT2D eigenvalue weighted by molar-refractivity contribution is 0.0939. The number of aromatic nitrogens is 1. The van der Waals surface area contributed by atoms with Crippen LogP contribution in [0.5, 0.6) is 0 Å². The molecular formula is C19H18N2O. The van der Waals surface area contributed by atoms with Gasteiger partial charge in [-0.15, -0.1) is 0 Å². The Morgan fingerprint density at radius 3 is 2.23 bits per heavy atom. The smallest absolute Gasteiger partial charge is 0.251 e. The van der Waals surface area contributed by atoms with Gasteiger partial charge in [-0.1, -0.05) is 36.4 Å². The van der Waals surface area contributed by atoms with Crippen LogP contribution < -0.4 is 5.32 Å². The van der Waals surface area contributed by atoms with Crippen LogP contribution in [0.2, 0.25) is 0 Å². The number of carbonyl (C=O) groups is 1. The Balaban J connectivity index is 1.81. The molecule has 0 aliphatic carbocycles. The molecule has 0 radical (unpaired) electrons. The van der Waals surface area contributed by atoms with E-state index in [2.05, 4.69) is 22.0 Å². The third-order valence-corrected chi connectivity index (χ3v) is 3.64. The maximum absolute atomic E-state index is 12.3. The highest BCUT2D eigenvalue weighted by Gasteiger charge is 2.14. The summed E-state index contributed by atoms with van der Waals surface area (Å²) < 4.78 is 2.09. The Hall–Kier alpha value is -2.81. The van der Waals surface area contributed by atoms with Crippen molar-refractivity contribution in [3.63, 3.8) is 0 Å². The number of carbonyl (C=O) groups excluding carboxylic acids is 1. The first kappa shape index (κ1) is 14.1. The summed E-state index contributed by atoms with van der Waals surface area (Å²) in [4.78, 5) is 12.3. The fourth-order valence-electron chi connectivity index (χ4n) is 2.51. The number of benzene rings is 2. The predicted molar refractivity (Wildman–Crippen MR) is 88.1 cm³/mol. The molecule has 22 heavy (non-hydrogen) atoms. The number of nitrogens with one attached hydrogen (secondary N) is 1. The first-order valence-corrected chi connectivity index (χ1v) is 7.34. The molecule has 1 aromatic heterocycles. The Morgan fingerprint density at radius 1 is 0.909 bits per heavy atom. The second kappa shape index (κ2) is 6.31. The highest BCUT2D eigenvalue weighted by atomic mass is 16.1. The molecule has 3 nitrogen and oxygen atoms in total. The molecule has 0 saturated carbocycles. The van der Waals surface area contributed by atoms with Gasteiger partial charge in [0.25, 0.3) is 5.91 Å². The molecule has 0 spiro atoms. The van der Waals surface area contributed by atoms with Gasteiger partial charge in [0.05, 0.1) is 6.04 Å². The molecule has 3 rings (SSSR count). The largest absolute Gasteiger partial charge is 0.344 e. The molecule has 0 fully saturated rings. The summed E-state index contributed by atoms with van der Waals surface area (Å²) in [6.45, 7) is 2.00. The van der Waals surface area contributed by atoms with Crippen LogP contribution in [0.4, 0.5) is 0 Å². The quantitative estimate of drug-likeness (QED) is 0.775. The SMILES string of the molecule is CC(NC(=O)c1ccccc1)c1cccn1-c1ccccc1. The Morgan fingerprint density at radius 2 is 1.55 bits per heavy atom. The lowest BCUT2D eigenvalue weighted by Crippen LogP contribution is -2.27. The van der Waals surface area contributed by atoms with E-state index in [1.54, 1.807) is 0 Å². The molecule has 1 N–H and O–H groups in total. The maximum Gasteiger partial charge on any atom is 0.251 e. The molecule has 3 aromatic rings. The minimum atomic E-state index is -0.0806. The average Bonchev–Trinajstić information content (AvgIpc) is 3.06. The van der Waals surface area contributed by atoms with Crippen molar-refractivity contribution in [2.24, 2.45) is 0 Å². The fourth-order valence-corrected chi connectivity index (χ4v) is 2.51. The molecule has 0 aliphatic rings. The van der Waals surface area contributed by atoms with E-state index in [0.29, 0.717) is 5.56 Å². The van der Waals surface area contributed by atoms with Crippen molar-refractivity contribution in [3.05, 3.63) is 90.3 Å². The van der Waals surface area contributed by atoms with Gasteiger partial charge in [-0.25, -0.2) is 0 Å². The molecule has 3 heteroatoms. The first-order valence-electron chi connectivity index (χ1n) is 7.34. The summed E-state index contributed by atoms with van der Waals surface area (Å²) >= 11 is 0. The minimum absolute atomic E-state index is 0.0612. The van der Waals surface area contributed by atoms with Crippen LogP contribution in [-0.2, 0) is 0 Å². The highest BCUT2D eigenvalue weighted by Crippen LogP contribution is 2.19. The Kier molecular flexibility index (Phi) is 4.05. The van der Waals surface area contributed by atoms with Gasteiger partial charge in [-0.2, -0.15) is 0 Å². The van der Waals surface area contributed by atoms with Gasteiger partial charge in [0.1, 0.15) is 0 Å². The zero-order valence-electron chi connectivity index (χ0n) is 12.4. The molecule has 1 unspecified atom stereocenters. The van der Waals surface area contributed by atoms with Crippen molar-refractivity contribution < 1.29 is 4.79 Å².